The van der Waals surface area contributed by atoms with Crippen LogP contribution in [0.15, 0.2) is 0 Å². The zero-order valence-corrected chi connectivity index (χ0v) is 11.0. The number of piperidine rings is 1. The minimum absolute atomic E-state index is 0.0497. The Hall–Kier alpha value is -1.30. The monoisotopic (exact) mass is 258 g/mol. The molecule has 1 heterocycles. The summed E-state index contributed by atoms with van der Waals surface area (Å²) in [5.74, 6) is -0.378. The number of aliphatic carboxylic acids is 1. The van der Waals surface area contributed by atoms with Crippen molar-refractivity contribution >= 4 is 12.0 Å². The molecule has 0 spiro atoms. The second kappa shape index (κ2) is 7.20. The van der Waals surface area contributed by atoms with Crippen LogP contribution in [0.3, 0.4) is 0 Å². The number of hydrogen-bond acceptors (Lipinski definition) is 3. The highest BCUT2D eigenvalue weighted by atomic mass is 16.5. The number of methoxy groups -OCH3 is 1. The summed E-state index contributed by atoms with van der Waals surface area (Å²) >= 11 is 0. The van der Waals surface area contributed by atoms with E-state index in [1.807, 2.05) is 0 Å². The largest absolute Gasteiger partial charge is 0.481 e. The Kier molecular flexibility index (Phi) is 5.91. The van der Waals surface area contributed by atoms with Crippen LogP contribution in [0.25, 0.3) is 0 Å². The highest BCUT2D eigenvalue weighted by Gasteiger charge is 2.23. The standard InChI is InChI=1S/C12H22N2O4/c1-9(7-11(15)16)13-12(17)14-5-3-10(4-6-14)8-18-2/h9-10H,3-8H2,1-2H3,(H,13,17)(H,15,16). The van der Waals surface area contributed by atoms with Crippen molar-refractivity contribution in [1.82, 2.24) is 10.2 Å². The van der Waals surface area contributed by atoms with Gasteiger partial charge in [-0.2, -0.15) is 0 Å². The summed E-state index contributed by atoms with van der Waals surface area (Å²) in [6.07, 6.45) is 1.83. The molecule has 104 valence electrons. The van der Waals surface area contributed by atoms with Gasteiger partial charge in [-0.1, -0.05) is 0 Å². The number of carboxylic acid groups (broad SMARTS) is 1. The number of nitrogens with one attached hydrogen (secondary N) is 1. The summed E-state index contributed by atoms with van der Waals surface area (Å²) in [4.78, 5) is 24.1. The van der Waals surface area contributed by atoms with Crippen molar-refractivity contribution in [3.05, 3.63) is 0 Å². The molecule has 0 aromatic rings. The number of amides is 2. The summed E-state index contributed by atoms with van der Waals surface area (Å²) < 4.78 is 5.10. The smallest absolute Gasteiger partial charge is 0.317 e. The highest BCUT2D eigenvalue weighted by molar-refractivity contribution is 5.75. The van der Waals surface area contributed by atoms with Crippen LogP contribution in [0.1, 0.15) is 26.2 Å². The molecule has 0 radical (unpaired) electrons. The molecule has 1 aliphatic rings. The zero-order valence-electron chi connectivity index (χ0n) is 11.0. The third-order valence-electron chi connectivity index (χ3n) is 3.15. The summed E-state index contributed by atoms with van der Waals surface area (Å²) in [5.41, 5.74) is 0. The first kappa shape index (κ1) is 14.8. The van der Waals surface area contributed by atoms with Gasteiger partial charge in [0.1, 0.15) is 0 Å². The van der Waals surface area contributed by atoms with Gasteiger partial charge in [0.15, 0.2) is 0 Å². The molecular weight excluding hydrogens is 236 g/mol. The number of carboxylic acids is 1. The lowest BCUT2D eigenvalue weighted by molar-refractivity contribution is -0.137. The molecule has 1 rings (SSSR count). The molecule has 0 aromatic carbocycles. The predicted molar refractivity (Wildman–Crippen MR) is 66.4 cm³/mol. The quantitative estimate of drug-likeness (QED) is 0.768. The first-order valence-corrected chi connectivity index (χ1v) is 6.29. The van der Waals surface area contributed by atoms with Crippen LogP contribution < -0.4 is 5.32 Å². The molecule has 1 atom stereocenters. The summed E-state index contributed by atoms with van der Waals surface area (Å²) in [6.45, 7) is 3.86. The number of carbonyl (C=O) groups excluding carboxylic acids is 1. The van der Waals surface area contributed by atoms with Crippen LogP contribution in [-0.2, 0) is 9.53 Å². The van der Waals surface area contributed by atoms with E-state index in [1.165, 1.54) is 0 Å². The van der Waals surface area contributed by atoms with Gasteiger partial charge in [-0.05, 0) is 25.7 Å². The van der Waals surface area contributed by atoms with E-state index in [4.69, 9.17) is 9.84 Å². The molecule has 1 saturated heterocycles. The molecule has 1 aliphatic heterocycles. The van der Waals surface area contributed by atoms with E-state index in [-0.39, 0.29) is 18.5 Å². The molecule has 6 heteroatoms. The summed E-state index contributed by atoms with van der Waals surface area (Å²) in [6, 6.07) is -0.508. The second-order valence-corrected chi connectivity index (χ2v) is 4.83. The highest BCUT2D eigenvalue weighted by Crippen LogP contribution is 2.17. The van der Waals surface area contributed by atoms with Gasteiger partial charge >= 0.3 is 12.0 Å². The molecular formula is C12H22N2O4. The van der Waals surface area contributed by atoms with E-state index in [9.17, 15) is 9.59 Å². The molecule has 0 aromatic heterocycles. The Labute approximate surface area is 107 Å². The van der Waals surface area contributed by atoms with Crippen molar-refractivity contribution in [2.45, 2.75) is 32.2 Å². The average Bonchev–Trinajstić information content (AvgIpc) is 2.29. The van der Waals surface area contributed by atoms with Crippen LogP contribution >= 0.6 is 0 Å². The van der Waals surface area contributed by atoms with Crippen molar-refractivity contribution < 1.29 is 19.4 Å². The minimum Gasteiger partial charge on any atom is -0.481 e. The maximum atomic E-state index is 11.8. The fourth-order valence-corrected chi connectivity index (χ4v) is 2.15. The maximum Gasteiger partial charge on any atom is 0.317 e. The number of likely N-dealkylation sites (tertiary alicyclic amines) is 1. The third-order valence-corrected chi connectivity index (χ3v) is 3.15. The zero-order chi connectivity index (χ0) is 13.5. The first-order valence-electron chi connectivity index (χ1n) is 6.29. The van der Waals surface area contributed by atoms with Crippen LogP contribution in [0.4, 0.5) is 4.79 Å². The van der Waals surface area contributed by atoms with Gasteiger partial charge in [-0.15, -0.1) is 0 Å². The lowest BCUT2D eigenvalue weighted by atomic mass is 9.98. The Morgan fingerprint density at radius 2 is 2.06 bits per heavy atom. The molecule has 6 nitrogen and oxygen atoms in total. The predicted octanol–water partition coefficient (Wildman–Crippen LogP) is 0.918. The van der Waals surface area contributed by atoms with Crippen molar-refractivity contribution in [3.63, 3.8) is 0 Å². The number of ether oxygens (including phenoxy) is 1. The van der Waals surface area contributed by atoms with E-state index in [0.29, 0.717) is 19.0 Å². The maximum absolute atomic E-state index is 11.8. The molecule has 2 N–H and O–H groups in total. The molecule has 1 unspecified atom stereocenters. The summed E-state index contributed by atoms with van der Waals surface area (Å²) in [5, 5.41) is 11.3. The Morgan fingerprint density at radius 1 is 1.44 bits per heavy atom. The van der Waals surface area contributed by atoms with Crippen LogP contribution in [0.2, 0.25) is 0 Å². The average molecular weight is 258 g/mol. The van der Waals surface area contributed by atoms with Gasteiger partial charge in [-0.25, -0.2) is 4.79 Å². The van der Waals surface area contributed by atoms with Gasteiger partial charge in [-0.3, -0.25) is 4.79 Å². The summed E-state index contributed by atoms with van der Waals surface area (Å²) in [7, 11) is 1.69. The van der Waals surface area contributed by atoms with E-state index >= 15 is 0 Å². The van der Waals surface area contributed by atoms with Gasteiger partial charge < -0.3 is 20.1 Å². The van der Waals surface area contributed by atoms with Crippen LogP contribution in [0.5, 0.6) is 0 Å². The Morgan fingerprint density at radius 3 is 2.56 bits per heavy atom. The third kappa shape index (κ3) is 4.91. The second-order valence-electron chi connectivity index (χ2n) is 4.83. The van der Waals surface area contributed by atoms with Gasteiger partial charge in [0.05, 0.1) is 6.42 Å². The van der Waals surface area contributed by atoms with Crippen LogP contribution in [-0.4, -0.2) is 54.9 Å². The van der Waals surface area contributed by atoms with Gasteiger partial charge in [0.25, 0.3) is 0 Å². The molecule has 18 heavy (non-hydrogen) atoms. The van der Waals surface area contributed by atoms with Crippen LogP contribution in [0, 0.1) is 5.92 Å². The van der Waals surface area contributed by atoms with Gasteiger partial charge in [0, 0.05) is 32.8 Å². The van der Waals surface area contributed by atoms with Gasteiger partial charge in [0.2, 0.25) is 0 Å². The topological polar surface area (TPSA) is 78.9 Å². The molecule has 0 bridgehead atoms. The van der Waals surface area contributed by atoms with Crippen molar-refractivity contribution in [1.29, 1.82) is 0 Å². The lowest BCUT2D eigenvalue weighted by Crippen LogP contribution is -2.47. The van der Waals surface area contributed by atoms with Crippen molar-refractivity contribution in [2.24, 2.45) is 5.92 Å². The molecule has 0 aliphatic carbocycles. The Balaban J connectivity index is 2.29. The van der Waals surface area contributed by atoms with E-state index < -0.39 is 5.97 Å². The molecule has 2 amide bonds. The number of rotatable bonds is 5. The Bertz CT molecular complexity index is 288. The first-order chi connectivity index (χ1) is 8.52. The van der Waals surface area contributed by atoms with E-state index in [1.54, 1.807) is 18.9 Å². The van der Waals surface area contributed by atoms with Crippen molar-refractivity contribution in [3.8, 4) is 0 Å². The molecule has 1 fully saturated rings. The SMILES string of the molecule is COCC1CCN(C(=O)NC(C)CC(=O)O)CC1. The number of urea groups is 1. The fourth-order valence-electron chi connectivity index (χ4n) is 2.15. The number of hydrogen-bond donors (Lipinski definition) is 2. The number of nitrogens with zero attached hydrogens (tertiary/aromatic N) is 1. The normalized spacial score (nSPS) is 18.4. The minimum atomic E-state index is -0.901. The molecule has 0 saturated carbocycles. The number of carbonyl (C=O) groups is 2. The fraction of sp³-hybridized carbons (Fsp3) is 0.833. The van der Waals surface area contributed by atoms with E-state index in [2.05, 4.69) is 5.32 Å². The lowest BCUT2D eigenvalue weighted by Gasteiger charge is -2.32. The van der Waals surface area contributed by atoms with E-state index in [0.717, 1.165) is 19.4 Å². The van der Waals surface area contributed by atoms with Crippen molar-refractivity contribution in [2.75, 3.05) is 26.8 Å².